The van der Waals surface area contributed by atoms with Crippen molar-refractivity contribution in [3.8, 4) is 12.3 Å². The van der Waals surface area contributed by atoms with E-state index in [-0.39, 0.29) is 17.3 Å². The van der Waals surface area contributed by atoms with Gasteiger partial charge in [0.15, 0.2) is 0 Å². The lowest BCUT2D eigenvalue weighted by molar-refractivity contribution is -0.137. The molecule has 2 aromatic rings. The van der Waals surface area contributed by atoms with Gasteiger partial charge >= 0.3 is 6.18 Å². The van der Waals surface area contributed by atoms with Gasteiger partial charge < -0.3 is 0 Å². The van der Waals surface area contributed by atoms with E-state index in [1.165, 1.54) is 0 Å². The summed E-state index contributed by atoms with van der Waals surface area (Å²) < 4.78 is 65.4. The SMILES string of the molecule is C#CCN1CCc2ccc(NS(=O)(=O)c3ccc(C(F)(F)F)cc3)cc2CC1.Cl. The van der Waals surface area contributed by atoms with Crippen LogP contribution in [0.3, 0.4) is 0 Å². The maximum Gasteiger partial charge on any atom is 0.416 e. The number of rotatable bonds is 4. The summed E-state index contributed by atoms with van der Waals surface area (Å²) in [5, 5.41) is 0. The first-order valence-electron chi connectivity index (χ1n) is 8.67. The van der Waals surface area contributed by atoms with Crippen LogP contribution in [0.4, 0.5) is 18.9 Å². The molecule has 0 aromatic heterocycles. The maximum atomic E-state index is 12.7. The van der Waals surface area contributed by atoms with Crippen LogP contribution in [0.2, 0.25) is 0 Å². The van der Waals surface area contributed by atoms with Crippen molar-refractivity contribution in [3.05, 3.63) is 59.2 Å². The second-order valence-corrected chi connectivity index (χ2v) is 8.27. The molecular formula is C20H20ClF3N2O2S. The number of sulfonamides is 1. The predicted octanol–water partition coefficient (Wildman–Crippen LogP) is 3.96. The molecule has 3 rings (SSSR count). The van der Waals surface area contributed by atoms with Gasteiger partial charge in [0.1, 0.15) is 0 Å². The molecule has 1 aliphatic rings. The van der Waals surface area contributed by atoms with Gasteiger partial charge in [0.25, 0.3) is 10.0 Å². The summed E-state index contributed by atoms with van der Waals surface area (Å²) in [6.45, 7) is 2.20. The molecule has 156 valence electrons. The van der Waals surface area contributed by atoms with Gasteiger partial charge in [-0.05, 0) is 60.4 Å². The number of hydrogen-bond acceptors (Lipinski definition) is 3. The summed E-state index contributed by atoms with van der Waals surface area (Å²) in [6, 6.07) is 8.73. The summed E-state index contributed by atoms with van der Waals surface area (Å²) in [7, 11) is -3.98. The van der Waals surface area contributed by atoms with Crippen LogP contribution >= 0.6 is 12.4 Å². The third-order valence-corrected chi connectivity index (χ3v) is 6.06. The van der Waals surface area contributed by atoms with Crippen molar-refractivity contribution in [1.29, 1.82) is 0 Å². The topological polar surface area (TPSA) is 49.4 Å². The number of nitrogens with one attached hydrogen (secondary N) is 1. The Morgan fingerprint density at radius 2 is 1.66 bits per heavy atom. The van der Waals surface area contributed by atoms with E-state index >= 15 is 0 Å². The predicted molar refractivity (Wildman–Crippen MR) is 109 cm³/mol. The minimum atomic E-state index is -4.51. The molecule has 0 fully saturated rings. The summed E-state index contributed by atoms with van der Waals surface area (Å²) >= 11 is 0. The molecule has 0 amide bonds. The Balaban J connectivity index is 0.00000300. The van der Waals surface area contributed by atoms with E-state index in [2.05, 4.69) is 15.5 Å². The van der Waals surface area contributed by atoms with E-state index in [0.29, 0.717) is 12.2 Å². The Bertz CT molecular complexity index is 1000. The van der Waals surface area contributed by atoms with E-state index < -0.39 is 21.8 Å². The highest BCUT2D eigenvalue weighted by molar-refractivity contribution is 7.92. The fourth-order valence-electron chi connectivity index (χ4n) is 3.16. The number of alkyl halides is 3. The molecule has 0 bridgehead atoms. The first-order chi connectivity index (χ1) is 13.2. The second kappa shape index (κ2) is 9.08. The third kappa shape index (κ3) is 5.66. The zero-order chi connectivity index (χ0) is 20.4. The summed E-state index contributed by atoms with van der Waals surface area (Å²) in [5.74, 6) is 2.63. The average molecular weight is 445 g/mol. The first-order valence-corrected chi connectivity index (χ1v) is 10.1. The molecule has 0 aliphatic carbocycles. The smallest absolute Gasteiger partial charge is 0.292 e. The van der Waals surface area contributed by atoms with Crippen LogP contribution in [0.5, 0.6) is 0 Å². The Labute approximate surface area is 174 Å². The Kier molecular flexibility index (Phi) is 7.22. The standard InChI is InChI=1S/C20H19F3N2O2S.ClH/c1-2-11-25-12-9-15-3-6-18(14-16(15)10-13-25)24-28(26,27)19-7-4-17(5-8-19)20(21,22)23;/h1,3-8,14,24H,9-13H2;1H. The van der Waals surface area contributed by atoms with Crippen molar-refractivity contribution < 1.29 is 21.6 Å². The van der Waals surface area contributed by atoms with E-state index in [4.69, 9.17) is 6.42 Å². The van der Waals surface area contributed by atoms with E-state index in [9.17, 15) is 21.6 Å². The Morgan fingerprint density at radius 3 is 2.24 bits per heavy atom. The molecule has 0 radical (unpaired) electrons. The van der Waals surface area contributed by atoms with Crippen molar-refractivity contribution >= 4 is 28.1 Å². The summed E-state index contributed by atoms with van der Waals surface area (Å²) in [5.41, 5.74) is 1.65. The normalized spacial score (nSPS) is 14.8. The third-order valence-electron chi connectivity index (χ3n) is 4.66. The largest absolute Gasteiger partial charge is 0.416 e. The quantitative estimate of drug-likeness (QED) is 0.726. The van der Waals surface area contributed by atoms with Crippen LogP contribution in [-0.2, 0) is 29.0 Å². The van der Waals surface area contributed by atoms with Crippen LogP contribution in [0.1, 0.15) is 16.7 Å². The molecule has 0 saturated carbocycles. The lowest BCUT2D eigenvalue weighted by atomic mass is 10.0. The minimum Gasteiger partial charge on any atom is -0.292 e. The number of halogens is 4. The molecule has 0 spiro atoms. The number of fused-ring (bicyclic) bond motifs is 1. The molecule has 0 saturated heterocycles. The molecule has 29 heavy (non-hydrogen) atoms. The minimum absolute atomic E-state index is 0. The lowest BCUT2D eigenvalue weighted by Gasteiger charge is -2.15. The zero-order valence-electron chi connectivity index (χ0n) is 15.4. The van der Waals surface area contributed by atoms with Gasteiger partial charge in [-0.15, -0.1) is 18.8 Å². The first kappa shape index (κ1) is 23.1. The summed E-state index contributed by atoms with van der Waals surface area (Å²) in [4.78, 5) is 1.93. The van der Waals surface area contributed by atoms with Gasteiger partial charge in [0.2, 0.25) is 0 Å². The Hall–Kier alpha value is -2.21. The van der Waals surface area contributed by atoms with Crippen molar-refractivity contribution in [1.82, 2.24) is 4.90 Å². The molecule has 1 aliphatic heterocycles. The van der Waals surface area contributed by atoms with Gasteiger partial charge in [-0.2, -0.15) is 13.2 Å². The average Bonchev–Trinajstić information content (AvgIpc) is 2.83. The van der Waals surface area contributed by atoms with Gasteiger partial charge in [-0.3, -0.25) is 9.62 Å². The highest BCUT2D eigenvalue weighted by atomic mass is 35.5. The number of hydrogen-bond donors (Lipinski definition) is 1. The highest BCUT2D eigenvalue weighted by Gasteiger charge is 2.30. The number of nitrogens with zero attached hydrogens (tertiary/aromatic N) is 1. The van der Waals surface area contributed by atoms with Gasteiger partial charge in [0, 0.05) is 18.8 Å². The Morgan fingerprint density at radius 1 is 1.03 bits per heavy atom. The van der Waals surface area contributed by atoms with Crippen LogP contribution in [0.25, 0.3) is 0 Å². The summed E-state index contributed by atoms with van der Waals surface area (Å²) in [6.07, 6.45) is 2.42. The molecular weight excluding hydrogens is 425 g/mol. The van der Waals surface area contributed by atoms with Crippen LogP contribution in [0.15, 0.2) is 47.4 Å². The molecule has 1 N–H and O–H groups in total. The molecule has 0 atom stereocenters. The molecule has 2 aromatic carbocycles. The van der Waals surface area contributed by atoms with Crippen molar-refractivity contribution in [2.75, 3.05) is 24.4 Å². The van der Waals surface area contributed by atoms with Crippen molar-refractivity contribution in [2.45, 2.75) is 23.9 Å². The van der Waals surface area contributed by atoms with Crippen LogP contribution in [-0.4, -0.2) is 33.0 Å². The zero-order valence-corrected chi connectivity index (χ0v) is 17.0. The fraction of sp³-hybridized carbons (Fsp3) is 0.300. The monoisotopic (exact) mass is 444 g/mol. The number of terminal acetylenes is 1. The van der Waals surface area contributed by atoms with E-state index in [1.54, 1.807) is 12.1 Å². The van der Waals surface area contributed by atoms with Crippen molar-refractivity contribution in [2.24, 2.45) is 0 Å². The number of anilines is 1. The molecule has 0 unspecified atom stereocenters. The van der Waals surface area contributed by atoms with E-state index in [1.807, 2.05) is 6.07 Å². The van der Waals surface area contributed by atoms with Crippen LogP contribution in [0, 0.1) is 12.3 Å². The number of benzene rings is 2. The second-order valence-electron chi connectivity index (χ2n) is 6.59. The molecule has 9 heteroatoms. The fourth-order valence-corrected chi connectivity index (χ4v) is 4.21. The highest BCUT2D eigenvalue weighted by Crippen LogP contribution is 2.30. The van der Waals surface area contributed by atoms with Gasteiger partial charge in [-0.1, -0.05) is 12.0 Å². The molecule has 1 heterocycles. The molecule has 4 nitrogen and oxygen atoms in total. The van der Waals surface area contributed by atoms with Crippen LogP contribution < -0.4 is 4.72 Å². The maximum absolute atomic E-state index is 12.7. The van der Waals surface area contributed by atoms with Crippen molar-refractivity contribution in [3.63, 3.8) is 0 Å². The van der Waals surface area contributed by atoms with E-state index in [0.717, 1.165) is 61.3 Å². The van der Waals surface area contributed by atoms with Gasteiger partial charge in [-0.25, -0.2) is 8.42 Å². The lowest BCUT2D eigenvalue weighted by Crippen LogP contribution is -2.26. The van der Waals surface area contributed by atoms with Gasteiger partial charge in [0.05, 0.1) is 17.0 Å².